The fourth-order valence-electron chi connectivity index (χ4n) is 3.72. The number of ether oxygens (including phenoxy) is 2. The highest BCUT2D eigenvalue weighted by molar-refractivity contribution is 5.88. The van der Waals surface area contributed by atoms with Crippen LogP contribution in [0.1, 0.15) is 34.1 Å². The quantitative estimate of drug-likeness (QED) is 0.311. The molecule has 0 aliphatic carbocycles. The number of hydrogen-bond acceptors (Lipinski definition) is 11. The zero-order valence-corrected chi connectivity index (χ0v) is 23.9. The fourth-order valence-corrected chi connectivity index (χ4v) is 3.72. The van der Waals surface area contributed by atoms with Crippen molar-refractivity contribution < 1.29 is 38.6 Å². The van der Waals surface area contributed by atoms with E-state index in [0.29, 0.717) is 58.8 Å². The first-order valence-corrected chi connectivity index (χ1v) is 13.2. The van der Waals surface area contributed by atoms with Crippen LogP contribution in [0, 0.1) is 0 Å². The van der Waals surface area contributed by atoms with Crippen molar-refractivity contribution in [3.05, 3.63) is 0 Å². The van der Waals surface area contributed by atoms with Crippen molar-refractivity contribution in [2.45, 2.75) is 40.2 Å². The molecule has 0 bridgehead atoms. The van der Waals surface area contributed by atoms with Crippen LogP contribution in [0.4, 0.5) is 0 Å². The van der Waals surface area contributed by atoms with Gasteiger partial charge in [-0.2, -0.15) is 0 Å². The van der Waals surface area contributed by atoms with Crippen LogP contribution in [0.2, 0.25) is 0 Å². The third-order valence-electron chi connectivity index (χ3n) is 6.17. The van der Waals surface area contributed by atoms with Gasteiger partial charge in [-0.15, -0.1) is 0 Å². The number of carbonyl (C=O) groups excluding carboxylic acids is 4. The Morgan fingerprint density at radius 1 is 0.763 bits per heavy atom. The first kappa shape index (κ1) is 35.4. The van der Waals surface area contributed by atoms with Crippen LogP contribution in [-0.4, -0.2) is 153 Å². The summed E-state index contributed by atoms with van der Waals surface area (Å²) < 4.78 is 9.61. The number of nitrogens with zero attached hydrogens (tertiary/aromatic N) is 4. The van der Waals surface area contributed by atoms with Gasteiger partial charge in [0.1, 0.15) is 0 Å². The first-order chi connectivity index (χ1) is 18.1. The minimum atomic E-state index is -0.971. The molecule has 0 spiro atoms. The molecule has 1 atom stereocenters. The van der Waals surface area contributed by atoms with Gasteiger partial charge in [0.2, 0.25) is 5.91 Å². The first-order valence-electron chi connectivity index (χ1n) is 13.2. The minimum absolute atomic E-state index is 0.0385. The van der Waals surface area contributed by atoms with Gasteiger partial charge in [0.15, 0.2) is 5.78 Å². The van der Waals surface area contributed by atoms with Crippen LogP contribution in [0.3, 0.4) is 0 Å². The second kappa shape index (κ2) is 20.4. The molecule has 220 valence electrons. The maximum absolute atomic E-state index is 12.7. The zero-order chi connectivity index (χ0) is 29.1. The Morgan fingerprint density at radius 2 is 1.16 bits per heavy atom. The van der Waals surface area contributed by atoms with Crippen LogP contribution < -0.4 is 5.32 Å². The summed E-state index contributed by atoms with van der Waals surface area (Å²) in [5, 5.41) is 12.0. The van der Waals surface area contributed by atoms with E-state index in [1.807, 2.05) is 28.5 Å². The molecular formula is C25H47N5O8. The second-order valence-corrected chi connectivity index (χ2v) is 8.70. The average Bonchev–Trinajstić information content (AvgIpc) is 2.91. The Kier molecular flexibility index (Phi) is 19.0. The molecule has 0 aromatic heterocycles. The summed E-state index contributed by atoms with van der Waals surface area (Å²) in [6, 6.07) is -0.569. The number of amides is 1. The number of methoxy groups -OCH3 is 2. The number of rotatable bonds is 11. The van der Waals surface area contributed by atoms with Gasteiger partial charge in [0.05, 0.1) is 46.4 Å². The lowest BCUT2D eigenvalue weighted by molar-refractivity contribution is -0.144. The van der Waals surface area contributed by atoms with Gasteiger partial charge in [0.25, 0.3) is 0 Å². The van der Waals surface area contributed by atoms with Gasteiger partial charge in [-0.3, -0.25) is 43.6 Å². The van der Waals surface area contributed by atoms with Crippen molar-refractivity contribution in [1.29, 1.82) is 0 Å². The van der Waals surface area contributed by atoms with Crippen molar-refractivity contribution in [3.8, 4) is 0 Å². The Labute approximate surface area is 226 Å². The SMILES string of the molecule is CC.CCC(=O)CNC(=O)C(C)N1CCN(CC(=O)O)CCN(CC(=O)OC)CCN(CC(=O)OC)CC1. The zero-order valence-electron chi connectivity index (χ0n) is 23.9. The van der Waals surface area contributed by atoms with E-state index >= 15 is 0 Å². The molecule has 0 aromatic rings. The molecule has 1 heterocycles. The van der Waals surface area contributed by atoms with Crippen molar-refractivity contribution in [2.24, 2.45) is 0 Å². The maximum Gasteiger partial charge on any atom is 0.319 e. The highest BCUT2D eigenvalue weighted by atomic mass is 16.5. The van der Waals surface area contributed by atoms with E-state index in [9.17, 15) is 29.1 Å². The van der Waals surface area contributed by atoms with Gasteiger partial charge in [-0.25, -0.2) is 0 Å². The van der Waals surface area contributed by atoms with E-state index in [1.165, 1.54) is 14.2 Å². The van der Waals surface area contributed by atoms with E-state index in [2.05, 4.69) is 5.32 Å². The summed E-state index contributed by atoms with van der Waals surface area (Å²) in [7, 11) is 2.62. The number of hydrogen-bond donors (Lipinski definition) is 2. The highest BCUT2D eigenvalue weighted by Crippen LogP contribution is 2.05. The van der Waals surface area contributed by atoms with E-state index in [0.717, 1.165) is 0 Å². The van der Waals surface area contributed by atoms with E-state index in [1.54, 1.807) is 18.7 Å². The molecule has 1 aliphatic rings. The molecule has 38 heavy (non-hydrogen) atoms. The van der Waals surface area contributed by atoms with Crippen LogP contribution in [0.25, 0.3) is 0 Å². The van der Waals surface area contributed by atoms with Crippen molar-refractivity contribution in [2.75, 3.05) is 92.8 Å². The normalized spacial score (nSPS) is 17.5. The van der Waals surface area contributed by atoms with Crippen LogP contribution in [0.15, 0.2) is 0 Å². The molecule has 1 fully saturated rings. The van der Waals surface area contributed by atoms with Gasteiger partial charge < -0.3 is 19.9 Å². The maximum atomic E-state index is 12.7. The summed E-state index contributed by atoms with van der Waals surface area (Å²) in [5.74, 6) is -2.14. The van der Waals surface area contributed by atoms with Gasteiger partial charge in [0, 0.05) is 58.8 Å². The topological polar surface area (TPSA) is 149 Å². The number of nitrogens with one attached hydrogen (secondary N) is 1. The number of aliphatic carboxylic acids is 1. The van der Waals surface area contributed by atoms with E-state index < -0.39 is 23.9 Å². The molecule has 13 nitrogen and oxygen atoms in total. The molecule has 1 aliphatic heterocycles. The third kappa shape index (κ3) is 15.0. The minimum Gasteiger partial charge on any atom is -0.480 e. The Bertz CT molecular complexity index is 751. The molecule has 1 unspecified atom stereocenters. The van der Waals surface area contributed by atoms with Crippen LogP contribution in [0.5, 0.6) is 0 Å². The monoisotopic (exact) mass is 545 g/mol. The second-order valence-electron chi connectivity index (χ2n) is 8.70. The summed E-state index contributed by atoms with van der Waals surface area (Å²) >= 11 is 0. The summed E-state index contributed by atoms with van der Waals surface area (Å²) in [6.07, 6.45) is 0.331. The Hall–Kier alpha value is -2.61. The Morgan fingerprint density at radius 3 is 1.53 bits per heavy atom. The lowest BCUT2D eigenvalue weighted by Crippen LogP contribution is -2.53. The number of carboxylic acid groups (broad SMARTS) is 1. The molecule has 0 saturated carbocycles. The predicted molar refractivity (Wildman–Crippen MR) is 142 cm³/mol. The largest absolute Gasteiger partial charge is 0.480 e. The molecule has 2 N–H and O–H groups in total. The predicted octanol–water partition coefficient (Wildman–Crippen LogP) is -0.851. The highest BCUT2D eigenvalue weighted by Gasteiger charge is 2.25. The lowest BCUT2D eigenvalue weighted by atomic mass is 10.2. The van der Waals surface area contributed by atoms with Gasteiger partial charge in [-0.05, 0) is 6.92 Å². The van der Waals surface area contributed by atoms with E-state index in [-0.39, 0.29) is 37.9 Å². The van der Waals surface area contributed by atoms with Crippen molar-refractivity contribution in [3.63, 3.8) is 0 Å². The summed E-state index contributed by atoms with van der Waals surface area (Å²) in [5.41, 5.74) is 0. The van der Waals surface area contributed by atoms with Crippen molar-refractivity contribution >= 4 is 29.6 Å². The number of carboxylic acids is 1. The molecule has 1 rings (SSSR count). The number of carbonyl (C=O) groups is 5. The molecule has 1 amide bonds. The summed E-state index contributed by atoms with van der Waals surface area (Å²) in [4.78, 5) is 67.1. The average molecular weight is 546 g/mol. The summed E-state index contributed by atoms with van der Waals surface area (Å²) in [6.45, 7) is 10.7. The smallest absolute Gasteiger partial charge is 0.319 e. The van der Waals surface area contributed by atoms with Crippen LogP contribution >= 0.6 is 0 Å². The van der Waals surface area contributed by atoms with E-state index in [4.69, 9.17) is 9.47 Å². The molecule has 13 heteroatoms. The Balaban J connectivity index is 0.00000667. The standard InChI is InChI=1S/C23H41N5O8.C2H6/c1-5-19(29)14-24-23(34)18(2)28-12-10-25(15-20(30)31)6-7-26(16-21(32)35-3)8-9-27(11-13-28)17-22(33)36-4;1-2/h18H,5-17H2,1-4H3,(H,24,34)(H,30,31);1-2H3. The third-order valence-corrected chi connectivity index (χ3v) is 6.17. The van der Waals surface area contributed by atoms with Gasteiger partial charge in [-0.1, -0.05) is 20.8 Å². The number of Topliss-reactive ketones (excluding diaryl/α,β-unsaturated/α-hetero) is 1. The molecule has 0 radical (unpaired) electrons. The van der Waals surface area contributed by atoms with Gasteiger partial charge >= 0.3 is 17.9 Å². The van der Waals surface area contributed by atoms with Crippen molar-refractivity contribution in [1.82, 2.24) is 24.9 Å². The fraction of sp³-hybridized carbons (Fsp3) is 0.800. The number of esters is 2. The lowest BCUT2D eigenvalue weighted by Gasteiger charge is -2.35. The number of ketones is 1. The molecule has 0 aromatic carbocycles. The van der Waals surface area contributed by atoms with Crippen LogP contribution in [-0.2, 0) is 33.4 Å². The molecule has 1 saturated heterocycles. The molecular weight excluding hydrogens is 498 g/mol.